The molecule has 5 N–H and O–H groups in total. The molecule has 0 aromatic heterocycles. The minimum absolute atomic E-state index is 0.268. The summed E-state index contributed by atoms with van der Waals surface area (Å²) in [4.78, 5) is 36.1. The lowest BCUT2D eigenvalue weighted by Crippen LogP contribution is -2.53. The molecule has 1 rings (SSSR count). The molecule has 2 amide bonds. The standard InChI is InChI=1S/C18H27N3O4/c1-12(2)15(18(24)25)21-17(23)14(10-6-7-11-19)20-16(22)13-8-4-3-5-9-13/h3-5,8-9,12,14-15H,6-7,10-11,19H2,1-2H3,(H,20,22)(H,21,23)(H,24,25)/t14-,15-/m0/s1. The molecule has 0 radical (unpaired) electrons. The maximum atomic E-state index is 12.5. The van der Waals surface area contributed by atoms with Gasteiger partial charge in [0.1, 0.15) is 12.1 Å². The number of hydrogen-bond donors (Lipinski definition) is 4. The lowest BCUT2D eigenvalue weighted by atomic mass is 10.0. The molecule has 138 valence electrons. The lowest BCUT2D eigenvalue weighted by molar-refractivity contribution is -0.143. The topological polar surface area (TPSA) is 122 Å². The molecule has 7 nitrogen and oxygen atoms in total. The van der Waals surface area contributed by atoms with Crippen LogP contribution in [0.3, 0.4) is 0 Å². The second-order valence-corrected chi connectivity index (χ2v) is 6.25. The first-order chi connectivity index (χ1) is 11.9. The predicted octanol–water partition coefficient (Wildman–Crippen LogP) is 1.14. The van der Waals surface area contributed by atoms with Crippen LogP contribution in [-0.2, 0) is 9.59 Å². The van der Waals surface area contributed by atoms with E-state index in [4.69, 9.17) is 5.73 Å². The molecule has 1 aromatic carbocycles. The van der Waals surface area contributed by atoms with Crippen LogP contribution in [0, 0.1) is 5.92 Å². The van der Waals surface area contributed by atoms with Gasteiger partial charge in [-0.05, 0) is 43.9 Å². The largest absolute Gasteiger partial charge is 0.480 e. The summed E-state index contributed by atoms with van der Waals surface area (Å²) in [6.07, 6.45) is 1.77. The second kappa shape index (κ2) is 10.5. The zero-order valence-electron chi connectivity index (χ0n) is 14.7. The number of carboxylic acids is 1. The number of carbonyl (C=O) groups is 3. The number of rotatable bonds is 10. The van der Waals surface area contributed by atoms with Gasteiger partial charge in [0.05, 0.1) is 0 Å². The maximum absolute atomic E-state index is 12.5. The molecule has 0 aliphatic rings. The number of nitrogens with two attached hydrogens (primary N) is 1. The monoisotopic (exact) mass is 349 g/mol. The van der Waals surface area contributed by atoms with Crippen LogP contribution in [0.15, 0.2) is 30.3 Å². The van der Waals surface area contributed by atoms with Crippen LogP contribution in [0.1, 0.15) is 43.5 Å². The molecule has 25 heavy (non-hydrogen) atoms. The van der Waals surface area contributed by atoms with E-state index in [9.17, 15) is 19.5 Å². The van der Waals surface area contributed by atoms with Gasteiger partial charge < -0.3 is 21.5 Å². The third-order valence-electron chi connectivity index (χ3n) is 3.84. The van der Waals surface area contributed by atoms with E-state index in [1.807, 2.05) is 0 Å². The minimum Gasteiger partial charge on any atom is -0.480 e. The summed E-state index contributed by atoms with van der Waals surface area (Å²) in [6, 6.07) is 6.76. The zero-order chi connectivity index (χ0) is 18.8. The number of unbranched alkanes of at least 4 members (excludes halogenated alkanes) is 1. The molecule has 0 heterocycles. The van der Waals surface area contributed by atoms with E-state index in [1.165, 1.54) is 0 Å². The summed E-state index contributed by atoms with van der Waals surface area (Å²) in [5.74, 6) is -2.23. The Morgan fingerprint density at radius 1 is 1.08 bits per heavy atom. The molecule has 0 spiro atoms. The van der Waals surface area contributed by atoms with Crippen molar-refractivity contribution in [2.24, 2.45) is 11.7 Å². The quantitative estimate of drug-likeness (QED) is 0.472. The number of hydrogen-bond acceptors (Lipinski definition) is 4. The van der Waals surface area contributed by atoms with Crippen LogP contribution in [0.5, 0.6) is 0 Å². The van der Waals surface area contributed by atoms with E-state index in [1.54, 1.807) is 44.2 Å². The summed E-state index contributed by atoms with van der Waals surface area (Å²) < 4.78 is 0. The van der Waals surface area contributed by atoms with Crippen molar-refractivity contribution < 1.29 is 19.5 Å². The van der Waals surface area contributed by atoms with Gasteiger partial charge in [0.15, 0.2) is 0 Å². The van der Waals surface area contributed by atoms with E-state index in [2.05, 4.69) is 10.6 Å². The SMILES string of the molecule is CC(C)[C@H](NC(=O)[C@H](CCCCN)NC(=O)c1ccccc1)C(=O)O. The molecule has 0 aliphatic carbocycles. The number of carboxylic acid groups (broad SMARTS) is 1. The summed E-state index contributed by atoms with van der Waals surface area (Å²) in [7, 11) is 0. The molecule has 0 fully saturated rings. The van der Waals surface area contributed by atoms with Gasteiger partial charge in [-0.3, -0.25) is 9.59 Å². The first-order valence-corrected chi connectivity index (χ1v) is 8.46. The van der Waals surface area contributed by atoms with Crippen LogP contribution in [-0.4, -0.2) is 41.5 Å². The van der Waals surface area contributed by atoms with Crippen LogP contribution < -0.4 is 16.4 Å². The third kappa shape index (κ3) is 6.93. The Morgan fingerprint density at radius 3 is 2.24 bits per heavy atom. The summed E-state index contributed by atoms with van der Waals surface area (Å²) in [6.45, 7) is 3.92. The van der Waals surface area contributed by atoms with Gasteiger partial charge >= 0.3 is 5.97 Å². The molecule has 2 atom stereocenters. The third-order valence-corrected chi connectivity index (χ3v) is 3.84. The summed E-state index contributed by atoms with van der Waals surface area (Å²) in [5.41, 5.74) is 5.92. The molecule has 7 heteroatoms. The van der Waals surface area contributed by atoms with Crippen LogP contribution in [0.25, 0.3) is 0 Å². The van der Waals surface area contributed by atoms with Crippen molar-refractivity contribution in [3.63, 3.8) is 0 Å². The normalized spacial score (nSPS) is 13.1. The fourth-order valence-electron chi connectivity index (χ4n) is 2.36. The summed E-state index contributed by atoms with van der Waals surface area (Å²) >= 11 is 0. The van der Waals surface area contributed by atoms with Crippen molar-refractivity contribution in [2.75, 3.05) is 6.54 Å². The van der Waals surface area contributed by atoms with Crippen molar-refractivity contribution in [1.29, 1.82) is 0 Å². The number of carbonyl (C=O) groups excluding carboxylic acids is 2. The van der Waals surface area contributed by atoms with Crippen LogP contribution in [0.4, 0.5) is 0 Å². The Morgan fingerprint density at radius 2 is 1.72 bits per heavy atom. The smallest absolute Gasteiger partial charge is 0.326 e. The molecule has 0 unspecified atom stereocenters. The van der Waals surface area contributed by atoms with Crippen molar-refractivity contribution in [3.8, 4) is 0 Å². The molecule has 0 saturated carbocycles. The Kier molecular flexibility index (Phi) is 8.63. The van der Waals surface area contributed by atoms with Gasteiger partial charge in [-0.1, -0.05) is 32.0 Å². The van der Waals surface area contributed by atoms with Gasteiger partial charge in [-0.2, -0.15) is 0 Å². The maximum Gasteiger partial charge on any atom is 0.326 e. The molecule has 0 bridgehead atoms. The molecular weight excluding hydrogens is 322 g/mol. The highest BCUT2D eigenvalue weighted by molar-refractivity contribution is 5.98. The minimum atomic E-state index is -1.10. The summed E-state index contributed by atoms with van der Waals surface area (Å²) in [5, 5.41) is 14.4. The Bertz CT molecular complexity index is 575. The van der Waals surface area contributed by atoms with E-state index in [0.29, 0.717) is 24.9 Å². The van der Waals surface area contributed by atoms with Crippen LogP contribution >= 0.6 is 0 Å². The van der Waals surface area contributed by atoms with Crippen molar-refractivity contribution in [2.45, 2.75) is 45.2 Å². The lowest BCUT2D eigenvalue weighted by Gasteiger charge is -2.23. The number of benzene rings is 1. The van der Waals surface area contributed by atoms with E-state index in [0.717, 1.165) is 6.42 Å². The molecule has 0 saturated heterocycles. The first-order valence-electron chi connectivity index (χ1n) is 8.46. The Labute approximate surface area is 148 Å². The van der Waals surface area contributed by atoms with Crippen molar-refractivity contribution >= 4 is 17.8 Å². The van der Waals surface area contributed by atoms with Gasteiger partial charge in [-0.25, -0.2) is 4.79 Å². The van der Waals surface area contributed by atoms with Gasteiger partial charge in [0.25, 0.3) is 5.91 Å². The molecule has 1 aromatic rings. The Hall–Kier alpha value is -2.41. The average Bonchev–Trinajstić information content (AvgIpc) is 2.58. The fraction of sp³-hybridized carbons (Fsp3) is 0.500. The average molecular weight is 349 g/mol. The highest BCUT2D eigenvalue weighted by Crippen LogP contribution is 2.07. The van der Waals surface area contributed by atoms with E-state index in [-0.39, 0.29) is 11.8 Å². The number of amides is 2. The zero-order valence-corrected chi connectivity index (χ0v) is 14.7. The van der Waals surface area contributed by atoms with Crippen molar-refractivity contribution in [1.82, 2.24) is 10.6 Å². The number of nitrogens with one attached hydrogen (secondary N) is 2. The van der Waals surface area contributed by atoms with Crippen molar-refractivity contribution in [3.05, 3.63) is 35.9 Å². The highest BCUT2D eigenvalue weighted by Gasteiger charge is 2.28. The first kappa shape index (κ1) is 20.6. The number of aliphatic carboxylic acids is 1. The van der Waals surface area contributed by atoms with Crippen LogP contribution in [0.2, 0.25) is 0 Å². The predicted molar refractivity (Wildman–Crippen MR) is 95.0 cm³/mol. The van der Waals surface area contributed by atoms with Gasteiger partial charge in [0, 0.05) is 5.56 Å². The van der Waals surface area contributed by atoms with Gasteiger partial charge in [-0.15, -0.1) is 0 Å². The second-order valence-electron chi connectivity index (χ2n) is 6.25. The molecular formula is C18H27N3O4. The molecule has 0 aliphatic heterocycles. The van der Waals surface area contributed by atoms with E-state index >= 15 is 0 Å². The van der Waals surface area contributed by atoms with Gasteiger partial charge in [0.2, 0.25) is 5.91 Å². The Balaban J connectivity index is 2.82. The highest BCUT2D eigenvalue weighted by atomic mass is 16.4. The fourth-order valence-corrected chi connectivity index (χ4v) is 2.36. The van der Waals surface area contributed by atoms with E-state index < -0.39 is 24.0 Å².